The second kappa shape index (κ2) is 6.87. The zero-order chi connectivity index (χ0) is 16.1. The first kappa shape index (κ1) is 15.0. The van der Waals surface area contributed by atoms with Crippen LogP contribution < -0.4 is 10.3 Å². The summed E-state index contributed by atoms with van der Waals surface area (Å²) in [5.74, 6) is -0.259. The van der Waals surface area contributed by atoms with Crippen molar-refractivity contribution in [3.8, 4) is 17.0 Å². The van der Waals surface area contributed by atoms with Gasteiger partial charge in [0.25, 0.3) is 5.56 Å². The summed E-state index contributed by atoms with van der Waals surface area (Å²) in [6, 6.07) is 18.9. The lowest BCUT2D eigenvalue weighted by Crippen LogP contribution is -2.25. The van der Waals surface area contributed by atoms with E-state index in [1.54, 1.807) is 24.3 Å². The molecule has 0 spiro atoms. The predicted molar refractivity (Wildman–Crippen MR) is 85.8 cm³/mol. The van der Waals surface area contributed by atoms with Crippen LogP contribution >= 0.6 is 0 Å². The lowest BCUT2D eigenvalue weighted by molar-refractivity contribution is 0.275. The molecule has 0 aliphatic carbocycles. The lowest BCUT2D eigenvalue weighted by Gasteiger charge is -2.09. The highest BCUT2D eigenvalue weighted by molar-refractivity contribution is 5.57. The first-order chi connectivity index (χ1) is 11.2. The van der Waals surface area contributed by atoms with Crippen LogP contribution in [0.15, 0.2) is 71.5 Å². The van der Waals surface area contributed by atoms with Gasteiger partial charge in [-0.15, -0.1) is 0 Å². The van der Waals surface area contributed by atoms with E-state index >= 15 is 0 Å². The molecule has 0 bridgehead atoms. The van der Waals surface area contributed by atoms with Gasteiger partial charge in [-0.3, -0.25) is 4.79 Å². The Labute approximate surface area is 132 Å². The van der Waals surface area contributed by atoms with Crippen molar-refractivity contribution in [1.82, 2.24) is 9.78 Å². The van der Waals surface area contributed by atoms with Crippen LogP contribution in [-0.2, 0) is 6.54 Å². The summed E-state index contributed by atoms with van der Waals surface area (Å²) in [5, 5.41) is 4.33. The predicted octanol–water partition coefficient (Wildman–Crippen LogP) is 3.13. The van der Waals surface area contributed by atoms with Crippen LogP contribution in [0, 0.1) is 5.82 Å². The van der Waals surface area contributed by atoms with Crippen molar-refractivity contribution < 1.29 is 9.13 Å². The van der Waals surface area contributed by atoms with Gasteiger partial charge in [0.05, 0.1) is 12.2 Å². The van der Waals surface area contributed by atoms with Gasteiger partial charge in [-0.25, -0.2) is 9.07 Å². The Morgan fingerprint density at radius 2 is 1.70 bits per heavy atom. The van der Waals surface area contributed by atoms with Crippen LogP contribution in [0.4, 0.5) is 4.39 Å². The second-order valence-electron chi connectivity index (χ2n) is 4.92. The van der Waals surface area contributed by atoms with Crippen LogP contribution in [-0.4, -0.2) is 16.4 Å². The third-order valence-electron chi connectivity index (χ3n) is 3.33. The molecular formula is C18H15FN2O2. The maximum atomic E-state index is 13.5. The molecule has 23 heavy (non-hydrogen) atoms. The molecule has 0 atom stereocenters. The van der Waals surface area contributed by atoms with Crippen molar-refractivity contribution in [2.45, 2.75) is 6.54 Å². The summed E-state index contributed by atoms with van der Waals surface area (Å²) in [6.07, 6.45) is 0. The molecule has 0 saturated heterocycles. The molecule has 0 unspecified atom stereocenters. The highest BCUT2D eigenvalue weighted by Gasteiger charge is 2.05. The number of para-hydroxylation sites is 1. The van der Waals surface area contributed by atoms with Gasteiger partial charge in [-0.2, -0.15) is 5.10 Å². The number of ether oxygens (including phenoxy) is 1. The highest BCUT2D eigenvalue weighted by Crippen LogP contribution is 2.16. The van der Waals surface area contributed by atoms with Crippen molar-refractivity contribution in [1.29, 1.82) is 0 Å². The van der Waals surface area contributed by atoms with Gasteiger partial charge in [0.15, 0.2) is 11.6 Å². The Bertz CT molecular complexity index is 847. The average molecular weight is 310 g/mol. The molecule has 0 radical (unpaired) electrons. The zero-order valence-electron chi connectivity index (χ0n) is 12.4. The number of hydrogen-bond acceptors (Lipinski definition) is 3. The molecule has 0 amide bonds. The summed E-state index contributed by atoms with van der Waals surface area (Å²) in [7, 11) is 0. The molecule has 3 rings (SSSR count). The molecular weight excluding hydrogens is 295 g/mol. The standard InChI is InChI=1S/C18H15FN2O2/c19-15-8-4-5-9-17(15)23-13-12-21-18(22)11-10-16(20-21)14-6-2-1-3-7-14/h1-11H,12-13H2. The van der Waals surface area contributed by atoms with E-state index < -0.39 is 5.82 Å². The van der Waals surface area contributed by atoms with E-state index in [9.17, 15) is 9.18 Å². The molecule has 0 fully saturated rings. The third kappa shape index (κ3) is 3.63. The van der Waals surface area contributed by atoms with E-state index in [1.807, 2.05) is 30.3 Å². The molecule has 1 heterocycles. The van der Waals surface area contributed by atoms with E-state index in [-0.39, 0.29) is 24.5 Å². The Hall–Kier alpha value is -2.95. The van der Waals surface area contributed by atoms with Crippen LogP contribution in [0.25, 0.3) is 11.3 Å². The van der Waals surface area contributed by atoms with E-state index in [2.05, 4.69) is 5.10 Å². The zero-order valence-corrected chi connectivity index (χ0v) is 12.4. The maximum Gasteiger partial charge on any atom is 0.266 e. The molecule has 0 aliphatic rings. The second-order valence-corrected chi connectivity index (χ2v) is 4.92. The van der Waals surface area contributed by atoms with Crippen molar-refractivity contribution >= 4 is 0 Å². The van der Waals surface area contributed by atoms with Gasteiger partial charge in [0.2, 0.25) is 0 Å². The van der Waals surface area contributed by atoms with E-state index in [0.29, 0.717) is 5.69 Å². The first-order valence-electron chi connectivity index (χ1n) is 7.25. The summed E-state index contributed by atoms with van der Waals surface area (Å²) >= 11 is 0. The van der Waals surface area contributed by atoms with Crippen molar-refractivity contribution in [2.24, 2.45) is 0 Å². The van der Waals surface area contributed by atoms with Gasteiger partial charge in [0.1, 0.15) is 6.61 Å². The van der Waals surface area contributed by atoms with Crippen molar-refractivity contribution in [3.63, 3.8) is 0 Å². The minimum atomic E-state index is -0.425. The van der Waals surface area contributed by atoms with Crippen LogP contribution in [0.2, 0.25) is 0 Å². The number of hydrogen-bond donors (Lipinski definition) is 0. The molecule has 0 aliphatic heterocycles. The fourth-order valence-corrected chi connectivity index (χ4v) is 2.18. The highest BCUT2D eigenvalue weighted by atomic mass is 19.1. The fourth-order valence-electron chi connectivity index (χ4n) is 2.18. The number of rotatable bonds is 5. The van der Waals surface area contributed by atoms with Crippen LogP contribution in [0.3, 0.4) is 0 Å². The minimum absolute atomic E-state index is 0.159. The number of halogens is 1. The Morgan fingerprint density at radius 3 is 2.48 bits per heavy atom. The number of benzene rings is 2. The Balaban J connectivity index is 1.73. The average Bonchev–Trinajstić information content (AvgIpc) is 2.59. The molecule has 0 N–H and O–H groups in total. The topological polar surface area (TPSA) is 44.1 Å². The summed E-state index contributed by atoms with van der Waals surface area (Å²) in [4.78, 5) is 11.9. The molecule has 116 valence electrons. The quantitative estimate of drug-likeness (QED) is 0.727. The van der Waals surface area contributed by atoms with Gasteiger partial charge >= 0.3 is 0 Å². The number of nitrogens with zero attached hydrogens (tertiary/aromatic N) is 2. The summed E-state index contributed by atoms with van der Waals surface area (Å²) < 4.78 is 20.2. The molecule has 4 nitrogen and oxygen atoms in total. The molecule has 2 aromatic carbocycles. The fraction of sp³-hybridized carbons (Fsp3) is 0.111. The van der Waals surface area contributed by atoms with E-state index in [0.717, 1.165) is 5.56 Å². The largest absolute Gasteiger partial charge is 0.489 e. The first-order valence-corrected chi connectivity index (χ1v) is 7.25. The van der Waals surface area contributed by atoms with Gasteiger partial charge < -0.3 is 4.74 Å². The molecule has 3 aromatic rings. The lowest BCUT2D eigenvalue weighted by atomic mass is 10.1. The molecule has 5 heteroatoms. The third-order valence-corrected chi connectivity index (χ3v) is 3.33. The van der Waals surface area contributed by atoms with Crippen molar-refractivity contribution in [3.05, 3.63) is 82.9 Å². The van der Waals surface area contributed by atoms with Crippen LogP contribution in [0.5, 0.6) is 5.75 Å². The van der Waals surface area contributed by atoms with Crippen molar-refractivity contribution in [2.75, 3.05) is 6.61 Å². The molecule has 0 saturated carbocycles. The Kier molecular flexibility index (Phi) is 4.47. The van der Waals surface area contributed by atoms with Crippen LogP contribution in [0.1, 0.15) is 0 Å². The smallest absolute Gasteiger partial charge is 0.266 e. The van der Waals surface area contributed by atoms with Gasteiger partial charge in [-0.1, -0.05) is 42.5 Å². The normalized spacial score (nSPS) is 10.5. The monoisotopic (exact) mass is 310 g/mol. The summed E-state index contributed by atoms with van der Waals surface area (Å²) in [5.41, 5.74) is 1.41. The van der Waals surface area contributed by atoms with E-state index in [1.165, 1.54) is 16.8 Å². The van der Waals surface area contributed by atoms with Gasteiger partial charge in [-0.05, 0) is 18.2 Å². The Morgan fingerprint density at radius 1 is 0.957 bits per heavy atom. The minimum Gasteiger partial charge on any atom is -0.489 e. The summed E-state index contributed by atoms with van der Waals surface area (Å²) in [6.45, 7) is 0.403. The SMILES string of the molecule is O=c1ccc(-c2ccccc2)nn1CCOc1ccccc1F. The molecule has 1 aromatic heterocycles. The number of aromatic nitrogens is 2. The maximum absolute atomic E-state index is 13.5. The van der Waals surface area contributed by atoms with E-state index in [4.69, 9.17) is 4.74 Å². The van der Waals surface area contributed by atoms with Gasteiger partial charge in [0, 0.05) is 11.6 Å².